The summed E-state index contributed by atoms with van der Waals surface area (Å²) in [4.78, 5) is 3.91. The van der Waals surface area contributed by atoms with Gasteiger partial charge >= 0.3 is 0 Å². The largest absolute Gasteiger partial charge is 0.326 e. The Morgan fingerprint density at radius 1 is 1.42 bits per heavy atom. The van der Waals surface area contributed by atoms with E-state index in [0.717, 1.165) is 11.1 Å². The number of nitrogens with zero attached hydrogens (tertiary/aromatic N) is 1. The molecule has 2 heterocycles. The van der Waals surface area contributed by atoms with Gasteiger partial charge in [-0.25, -0.2) is 13.1 Å². The monoisotopic (exact) mass is 297 g/mol. The van der Waals surface area contributed by atoms with E-state index in [9.17, 15) is 8.42 Å². The van der Waals surface area contributed by atoms with Crippen LogP contribution in [0.3, 0.4) is 0 Å². The first-order chi connectivity index (χ1) is 9.03. The lowest BCUT2D eigenvalue weighted by Gasteiger charge is -2.13. The van der Waals surface area contributed by atoms with Crippen LogP contribution in [0.4, 0.5) is 0 Å². The minimum absolute atomic E-state index is 0.286. The van der Waals surface area contributed by atoms with Crippen molar-refractivity contribution in [2.24, 2.45) is 5.73 Å². The Morgan fingerprint density at radius 2 is 2.11 bits per heavy atom. The van der Waals surface area contributed by atoms with Gasteiger partial charge in [-0.15, -0.1) is 11.3 Å². The third kappa shape index (κ3) is 3.38. The summed E-state index contributed by atoms with van der Waals surface area (Å²) in [5.41, 5.74) is 7.17. The van der Waals surface area contributed by atoms with E-state index < -0.39 is 10.0 Å². The Hall–Kier alpha value is -1.28. The van der Waals surface area contributed by atoms with E-state index in [1.165, 1.54) is 11.3 Å². The SMILES string of the molecule is CC(NS(=O)(=O)c1cc(CN)cs1)c1ccncc1. The molecule has 0 radical (unpaired) electrons. The smallest absolute Gasteiger partial charge is 0.250 e. The molecule has 2 aromatic heterocycles. The first-order valence-electron chi connectivity index (χ1n) is 5.72. The van der Waals surface area contributed by atoms with E-state index in [0.29, 0.717) is 6.54 Å². The molecule has 5 nitrogen and oxygen atoms in total. The van der Waals surface area contributed by atoms with Crippen LogP contribution in [0.15, 0.2) is 40.2 Å². The standard InChI is InChI=1S/C12H15N3O2S2/c1-9(11-2-4-14-5-3-11)15-19(16,17)12-6-10(7-13)8-18-12/h2-6,8-9,15H,7,13H2,1H3. The average molecular weight is 297 g/mol. The summed E-state index contributed by atoms with van der Waals surface area (Å²) in [6.07, 6.45) is 3.27. The van der Waals surface area contributed by atoms with Gasteiger partial charge in [0.1, 0.15) is 4.21 Å². The van der Waals surface area contributed by atoms with Gasteiger partial charge in [-0.05, 0) is 41.6 Å². The zero-order valence-electron chi connectivity index (χ0n) is 10.4. The Bertz CT molecular complexity index is 638. The summed E-state index contributed by atoms with van der Waals surface area (Å²) in [6, 6.07) is 4.86. The van der Waals surface area contributed by atoms with Crippen LogP contribution in [0.5, 0.6) is 0 Å². The number of aromatic nitrogens is 1. The fraction of sp³-hybridized carbons (Fsp3) is 0.250. The van der Waals surface area contributed by atoms with Crippen molar-refractivity contribution in [1.82, 2.24) is 9.71 Å². The molecule has 2 aromatic rings. The maximum Gasteiger partial charge on any atom is 0.250 e. The van der Waals surface area contributed by atoms with E-state index in [2.05, 4.69) is 9.71 Å². The quantitative estimate of drug-likeness (QED) is 0.878. The van der Waals surface area contributed by atoms with Crippen LogP contribution in [0, 0.1) is 0 Å². The van der Waals surface area contributed by atoms with Crippen LogP contribution in [-0.4, -0.2) is 13.4 Å². The van der Waals surface area contributed by atoms with Gasteiger partial charge in [-0.1, -0.05) is 0 Å². The number of thiophene rings is 1. The van der Waals surface area contributed by atoms with Crippen LogP contribution in [0.2, 0.25) is 0 Å². The van der Waals surface area contributed by atoms with Crippen LogP contribution in [0.1, 0.15) is 24.1 Å². The number of nitrogens with two attached hydrogens (primary N) is 1. The van der Waals surface area contributed by atoms with Crippen molar-refractivity contribution in [3.8, 4) is 0 Å². The Morgan fingerprint density at radius 3 is 2.68 bits per heavy atom. The molecule has 0 aliphatic heterocycles. The second kappa shape index (κ2) is 5.79. The van der Waals surface area contributed by atoms with Crippen LogP contribution < -0.4 is 10.5 Å². The minimum Gasteiger partial charge on any atom is -0.326 e. The van der Waals surface area contributed by atoms with E-state index in [1.54, 1.807) is 42.9 Å². The number of pyridine rings is 1. The molecule has 3 N–H and O–H groups in total. The zero-order chi connectivity index (χ0) is 13.9. The Kier molecular flexibility index (Phi) is 4.31. The van der Waals surface area contributed by atoms with E-state index in [-0.39, 0.29) is 10.3 Å². The highest BCUT2D eigenvalue weighted by molar-refractivity contribution is 7.91. The molecule has 0 spiro atoms. The summed E-state index contributed by atoms with van der Waals surface area (Å²) in [5.74, 6) is 0. The van der Waals surface area contributed by atoms with Gasteiger partial charge in [0.2, 0.25) is 0 Å². The third-order valence-electron chi connectivity index (χ3n) is 2.67. The van der Waals surface area contributed by atoms with Crippen molar-refractivity contribution in [2.45, 2.75) is 23.7 Å². The van der Waals surface area contributed by atoms with Crippen molar-refractivity contribution in [2.75, 3.05) is 0 Å². The average Bonchev–Trinajstić information content (AvgIpc) is 2.89. The van der Waals surface area contributed by atoms with E-state index >= 15 is 0 Å². The first kappa shape index (κ1) is 14.1. The number of rotatable bonds is 5. The fourth-order valence-corrected chi connectivity index (χ4v) is 4.08. The molecule has 0 aromatic carbocycles. The zero-order valence-corrected chi connectivity index (χ0v) is 12.0. The van der Waals surface area contributed by atoms with Crippen LogP contribution in [-0.2, 0) is 16.6 Å². The summed E-state index contributed by atoms with van der Waals surface area (Å²) < 4.78 is 27.3. The van der Waals surface area contributed by atoms with Crippen molar-refractivity contribution in [3.05, 3.63) is 47.1 Å². The fourth-order valence-electron chi connectivity index (χ4n) is 1.61. The van der Waals surface area contributed by atoms with Gasteiger partial charge in [-0.3, -0.25) is 4.98 Å². The highest BCUT2D eigenvalue weighted by atomic mass is 32.2. The first-order valence-corrected chi connectivity index (χ1v) is 8.09. The maximum atomic E-state index is 12.2. The molecule has 1 unspecified atom stereocenters. The van der Waals surface area contributed by atoms with Gasteiger partial charge in [0.25, 0.3) is 10.0 Å². The second-order valence-electron chi connectivity index (χ2n) is 4.10. The predicted octanol–water partition coefficient (Wildman–Crippen LogP) is 1.64. The third-order valence-corrected chi connectivity index (χ3v) is 5.70. The second-order valence-corrected chi connectivity index (χ2v) is 6.95. The molecule has 0 fully saturated rings. The lowest BCUT2D eigenvalue weighted by Crippen LogP contribution is -2.26. The number of hydrogen-bond donors (Lipinski definition) is 2. The molecule has 19 heavy (non-hydrogen) atoms. The molecule has 0 aliphatic rings. The minimum atomic E-state index is -3.50. The molecule has 7 heteroatoms. The summed E-state index contributed by atoms with van der Waals surface area (Å²) in [7, 11) is -3.50. The van der Waals surface area contributed by atoms with Crippen molar-refractivity contribution in [3.63, 3.8) is 0 Å². The van der Waals surface area contributed by atoms with Crippen molar-refractivity contribution >= 4 is 21.4 Å². The molecular weight excluding hydrogens is 282 g/mol. The Balaban J connectivity index is 2.17. The highest BCUT2D eigenvalue weighted by Gasteiger charge is 2.20. The molecule has 1 atom stereocenters. The van der Waals surface area contributed by atoms with E-state index in [1.807, 2.05) is 0 Å². The van der Waals surface area contributed by atoms with Crippen LogP contribution in [0.25, 0.3) is 0 Å². The van der Waals surface area contributed by atoms with E-state index in [4.69, 9.17) is 5.73 Å². The molecule has 0 amide bonds. The highest BCUT2D eigenvalue weighted by Crippen LogP contribution is 2.22. The lowest BCUT2D eigenvalue weighted by atomic mass is 10.1. The van der Waals surface area contributed by atoms with Gasteiger partial charge in [0.15, 0.2) is 0 Å². The summed E-state index contributed by atoms with van der Waals surface area (Å²) >= 11 is 1.18. The summed E-state index contributed by atoms with van der Waals surface area (Å²) in [5, 5.41) is 1.76. The predicted molar refractivity (Wildman–Crippen MR) is 75.2 cm³/mol. The number of hydrogen-bond acceptors (Lipinski definition) is 5. The van der Waals surface area contributed by atoms with Crippen molar-refractivity contribution in [1.29, 1.82) is 0 Å². The molecule has 0 aliphatic carbocycles. The maximum absolute atomic E-state index is 12.2. The van der Waals surface area contributed by atoms with Crippen molar-refractivity contribution < 1.29 is 8.42 Å². The Labute approximate surface area is 116 Å². The molecule has 102 valence electrons. The topological polar surface area (TPSA) is 85.1 Å². The van der Waals surface area contributed by atoms with Gasteiger partial charge in [-0.2, -0.15) is 0 Å². The molecule has 0 saturated heterocycles. The van der Waals surface area contributed by atoms with Gasteiger partial charge < -0.3 is 5.73 Å². The number of nitrogens with one attached hydrogen (secondary N) is 1. The molecule has 2 rings (SSSR count). The van der Waals surface area contributed by atoms with Crippen LogP contribution >= 0.6 is 11.3 Å². The number of sulfonamides is 1. The molecule has 0 saturated carbocycles. The van der Waals surface area contributed by atoms with Gasteiger partial charge in [0, 0.05) is 25.0 Å². The summed E-state index contributed by atoms with van der Waals surface area (Å²) in [6.45, 7) is 2.14. The van der Waals surface area contributed by atoms with Gasteiger partial charge in [0.05, 0.1) is 0 Å². The molecular formula is C12H15N3O2S2. The molecule has 0 bridgehead atoms. The normalized spacial score (nSPS) is 13.4. The lowest BCUT2D eigenvalue weighted by molar-refractivity contribution is 0.569.